The number of aliphatic carboxylic acids is 1. The second-order valence-electron chi connectivity index (χ2n) is 7.01. The van der Waals surface area contributed by atoms with Crippen LogP contribution in [0.4, 0.5) is 0 Å². The summed E-state index contributed by atoms with van der Waals surface area (Å²) in [5, 5.41) is 10.2. The number of nitrogens with two attached hydrogens (primary N) is 1. The first-order valence-electron chi connectivity index (χ1n) is 9.49. The number of carbonyl (C=O) groups excluding carboxylic acids is 1. The van der Waals surface area contributed by atoms with Crippen LogP contribution in [0.5, 0.6) is 0 Å². The Kier molecular flexibility index (Phi) is 6.21. The van der Waals surface area contributed by atoms with Crippen LogP contribution < -0.4 is 11.2 Å². The normalized spacial score (nSPS) is 12.3. The molecule has 6 heteroatoms. The molecule has 0 fully saturated rings. The van der Waals surface area contributed by atoms with E-state index in [0.29, 0.717) is 23.6 Å². The number of para-hydroxylation sites is 2. The van der Waals surface area contributed by atoms with Crippen LogP contribution in [-0.4, -0.2) is 27.5 Å². The molecule has 3 N–H and O–H groups in total. The molecule has 1 atom stereocenters. The molecule has 0 amide bonds. The van der Waals surface area contributed by atoms with Crippen molar-refractivity contribution in [2.24, 2.45) is 5.73 Å². The zero-order valence-corrected chi connectivity index (χ0v) is 15.6. The van der Waals surface area contributed by atoms with E-state index in [9.17, 15) is 14.4 Å². The predicted octanol–water partition coefficient (Wildman–Crippen LogP) is 3.09. The molecule has 146 valence electrons. The third kappa shape index (κ3) is 4.28. The third-order valence-corrected chi connectivity index (χ3v) is 4.98. The number of carboxylic acids is 1. The highest BCUT2D eigenvalue weighted by Crippen LogP contribution is 2.20. The monoisotopic (exact) mass is 380 g/mol. The highest BCUT2D eigenvalue weighted by atomic mass is 16.4. The van der Waals surface area contributed by atoms with Gasteiger partial charge in [-0.05, 0) is 37.1 Å². The van der Waals surface area contributed by atoms with Crippen molar-refractivity contribution in [1.82, 2.24) is 4.57 Å². The maximum Gasteiger partial charge on any atom is 0.320 e. The second kappa shape index (κ2) is 8.80. The van der Waals surface area contributed by atoms with Crippen LogP contribution in [0.2, 0.25) is 0 Å². The average molecular weight is 380 g/mol. The molecule has 2 aromatic carbocycles. The van der Waals surface area contributed by atoms with E-state index in [1.165, 1.54) is 0 Å². The summed E-state index contributed by atoms with van der Waals surface area (Å²) < 4.78 is 2.16. The Hall–Kier alpha value is -2.99. The van der Waals surface area contributed by atoms with Crippen molar-refractivity contribution in [3.05, 3.63) is 58.8 Å². The fourth-order valence-corrected chi connectivity index (χ4v) is 3.52. The van der Waals surface area contributed by atoms with Crippen molar-refractivity contribution in [1.29, 1.82) is 0 Å². The minimum absolute atomic E-state index is 0.0443. The minimum atomic E-state index is -1.15. The number of fused-ring (bicyclic) bond motifs is 2. The van der Waals surface area contributed by atoms with Crippen LogP contribution in [-0.2, 0) is 16.1 Å². The van der Waals surface area contributed by atoms with Gasteiger partial charge in [-0.2, -0.15) is 0 Å². The molecule has 1 heterocycles. The van der Waals surface area contributed by atoms with Gasteiger partial charge in [-0.1, -0.05) is 30.7 Å². The summed E-state index contributed by atoms with van der Waals surface area (Å²) in [7, 11) is 0. The first-order valence-corrected chi connectivity index (χ1v) is 9.49. The summed E-state index contributed by atoms with van der Waals surface area (Å²) in [5.41, 5.74) is 7.26. The molecule has 1 aromatic heterocycles. The fraction of sp³-hybridized carbons (Fsp3) is 0.318. The van der Waals surface area contributed by atoms with Gasteiger partial charge in [0.25, 0.3) is 0 Å². The average Bonchev–Trinajstić information content (AvgIpc) is 2.70. The molecule has 0 radical (unpaired) electrons. The zero-order valence-electron chi connectivity index (χ0n) is 15.6. The number of Topliss-reactive ketones (excluding diaryl/α,β-unsaturated/α-hetero) is 1. The lowest BCUT2D eigenvalue weighted by atomic mass is 10.0. The number of aryl methyl sites for hydroxylation is 1. The number of pyridine rings is 1. The lowest BCUT2D eigenvalue weighted by Gasteiger charge is -2.15. The fourth-order valence-electron chi connectivity index (χ4n) is 3.52. The molecular weight excluding hydrogens is 356 g/mol. The van der Waals surface area contributed by atoms with E-state index in [1.807, 2.05) is 48.5 Å². The van der Waals surface area contributed by atoms with Crippen molar-refractivity contribution < 1.29 is 14.7 Å². The Morgan fingerprint density at radius 1 is 0.929 bits per heavy atom. The predicted molar refractivity (Wildman–Crippen MR) is 109 cm³/mol. The van der Waals surface area contributed by atoms with Gasteiger partial charge in [0, 0.05) is 30.2 Å². The molecule has 1 unspecified atom stereocenters. The summed E-state index contributed by atoms with van der Waals surface area (Å²) in [6.07, 6.45) is 2.61. The summed E-state index contributed by atoms with van der Waals surface area (Å²) in [5.74, 6) is -1.26. The Morgan fingerprint density at radius 2 is 1.50 bits per heavy atom. The molecule has 0 spiro atoms. The number of unbranched alkanes of at least 4 members (excludes halogenated alkanes) is 2. The number of carbonyl (C=O) groups is 2. The van der Waals surface area contributed by atoms with Gasteiger partial charge in [0.1, 0.15) is 11.8 Å². The number of benzene rings is 2. The third-order valence-electron chi connectivity index (χ3n) is 4.98. The molecule has 28 heavy (non-hydrogen) atoms. The van der Waals surface area contributed by atoms with E-state index in [0.717, 1.165) is 30.4 Å². The highest BCUT2D eigenvalue weighted by molar-refractivity contribution is 5.93. The van der Waals surface area contributed by atoms with Crippen molar-refractivity contribution >= 4 is 33.6 Å². The van der Waals surface area contributed by atoms with Gasteiger partial charge in [0.15, 0.2) is 5.43 Å². The van der Waals surface area contributed by atoms with Gasteiger partial charge in [-0.25, -0.2) is 0 Å². The summed E-state index contributed by atoms with van der Waals surface area (Å²) in [6.45, 7) is 0.740. The molecule has 3 aromatic rings. The van der Waals surface area contributed by atoms with Crippen molar-refractivity contribution in [3.8, 4) is 0 Å². The Bertz CT molecular complexity index is 1010. The van der Waals surface area contributed by atoms with E-state index in [4.69, 9.17) is 10.8 Å². The SMILES string of the molecule is NC(CC(=O)CCCCCn1c2ccccc2c(=O)c2ccccc21)C(=O)O. The van der Waals surface area contributed by atoms with Crippen LogP contribution in [0.1, 0.15) is 32.1 Å². The molecule has 6 nitrogen and oxygen atoms in total. The molecule has 0 saturated heterocycles. The molecule has 0 aliphatic carbocycles. The molecular formula is C22H24N2O4. The van der Waals surface area contributed by atoms with Gasteiger partial charge < -0.3 is 15.4 Å². The lowest BCUT2D eigenvalue weighted by Crippen LogP contribution is -2.32. The number of nitrogens with zero attached hydrogens (tertiary/aromatic N) is 1. The quantitative estimate of drug-likeness (QED) is 0.439. The topological polar surface area (TPSA) is 102 Å². The van der Waals surface area contributed by atoms with E-state index in [-0.39, 0.29) is 17.6 Å². The summed E-state index contributed by atoms with van der Waals surface area (Å²) >= 11 is 0. The van der Waals surface area contributed by atoms with Crippen molar-refractivity contribution in [2.45, 2.75) is 44.7 Å². The van der Waals surface area contributed by atoms with E-state index < -0.39 is 12.0 Å². The number of rotatable bonds is 9. The minimum Gasteiger partial charge on any atom is -0.480 e. The largest absolute Gasteiger partial charge is 0.480 e. The maximum atomic E-state index is 12.7. The van der Waals surface area contributed by atoms with Gasteiger partial charge in [0.2, 0.25) is 0 Å². The number of carboxylic acid groups (broad SMARTS) is 1. The lowest BCUT2D eigenvalue weighted by molar-refractivity contribution is -0.140. The molecule has 0 aliphatic rings. The summed E-state index contributed by atoms with van der Waals surface area (Å²) in [6, 6.07) is 14.1. The first-order chi connectivity index (χ1) is 13.5. The van der Waals surface area contributed by atoms with Crippen LogP contribution in [0.25, 0.3) is 21.8 Å². The van der Waals surface area contributed by atoms with Crippen molar-refractivity contribution in [3.63, 3.8) is 0 Å². The summed E-state index contributed by atoms with van der Waals surface area (Å²) in [4.78, 5) is 35.2. The Balaban J connectivity index is 1.68. The number of ketones is 1. The molecule has 0 aliphatic heterocycles. The number of hydrogen-bond acceptors (Lipinski definition) is 4. The first kappa shape index (κ1) is 19.8. The van der Waals surface area contributed by atoms with Crippen molar-refractivity contribution in [2.75, 3.05) is 0 Å². The standard InChI is InChI=1S/C22H24N2O4/c23-18(22(27)28)14-15(25)8-2-1-7-13-24-19-11-5-3-9-16(19)21(26)17-10-4-6-12-20(17)24/h3-6,9-12,18H,1-2,7-8,13-14,23H2,(H,27,28). The highest BCUT2D eigenvalue weighted by Gasteiger charge is 2.15. The number of aromatic nitrogens is 1. The smallest absolute Gasteiger partial charge is 0.320 e. The van der Waals surface area contributed by atoms with Gasteiger partial charge in [0.05, 0.1) is 11.0 Å². The number of hydrogen-bond donors (Lipinski definition) is 2. The van der Waals surface area contributed by atoms with E-state index >= 15 is 0 Å². The zero-order chi connectivity index (χ0) is 20.1. The van der Waals surface area contributed by atoms with Gasteiger partial charge in [-0.3, -0.25) is 14.4 Å². The van der Waals surface area contributed by atoms with Crippen LogP contribution in [0, 0.1) is 0 Å². The van der Waals surface area contributed by atoms with Crippen LogP contribution in [0.15, 0.2) is 53.3 Å². The van der Waals surface area contributed by atoms with Gasteiger partial charge >= 0.3 is 5.97 Å². The molecule has 0 saturated carbocycles. The van der Waals surface area contributed by atoms with E-state index in [2.05, 4.69) is 4.57 Å². The van der Waals surface area contributed by atoms with Crippen LogP contribution in [0.3, 0.4) is 0 Å². The van der Waals surface area contributed by atoms with Gasteiger partial charge in [-0.15, -0.1) is 0 Å². The Morgan fingerprint density at radius 3 is 2.07 bits per heavy atom. The molecule has 0 bridgehead atoms. The molecule has 3 rings (SSSR count). The maximum absolute atomic E-state index is 12.7. The Labute approximate surface area is 162 Å². The second-order valence-corrected chi connectivity index (χ2v) is 7.01. The van der Waals surface area contributed by atoms with E-state index in [1.54, 1.807) is 0 Å². The van der Waals surface area contributed by atoms with Crippen LogP contribution >= 0.6 is 0 Å².